The Morgan fingerprint density at radius 2 is 1.46 bits per heavy atom. The molecule has 2 heteroatoms. The molecule has 0 saturated heterocycles. The standard InChI is InChI=1S/C22H29NO/c1-17(2)15-16-21(23)18(3)22(24-4,19-11-7-5-8-12-19)20-13-9-6-10-14-20/h5-15,18,21H,16,23H2,1-4H3. The summed E-state index contributed by atoms with van der Waals surface area (Å²) in [5.41, 5.74) is 9.59. The largest absolute Gasteiger partial charge is 0.368 e. The van der Waals surface area contributed by atoms with Crippen molar-refractivity contribution in [3.8, 4) is 0 Å². The van der Waals surface area contributed by atoms with Crippen molar-refractivity contribution in [3.63, 3.8) is 0 Å². The highest BCUT2D eigenvalue weighted by atomic mass is 16.5. The summed E-state index contributed by atoms with van der Waals surface area (Å²) < 4.78 is 6.20. The Morgan fingerprint density at radius 3 is 1.83 bits per heavy atom. The van der Waals surface area contributed by atoms with Crippen LogP contribution in [0.2, 0.25) is 0 Å². The van der Waals surface area contributed by atoms with Crippen LogP contribution in [0.1, 0.15) is 38.3 Å². The Hall–Kier alpha value is -1.90. The number of methoxy groups -OCH3 is 1. The summed E-state index contributed by atoms with van der Waals surface area (Å²) in [5, 5.41) is 0. The summed E-state index contributed by atoms with van der Waals surface area (Å²) in [4.78, 5) is 0. The van der Waals surface area contributed by atoms with E-state index < -0.39 is 5.60 Å². The second-order valence-corrected chi connectivity index (χ2v) is 6.64. The van der Waals surface area contributed by atoms with Crippen LogP contribution in [0.3, 0.4) is 0 Å². The van der Waals surface area contributed by atoms with Crippen LogP contribution < -0.4 is 5.73 Å². The van der Waals surface area contributed by atoms with E-state index in [0.717, 1.165) is 17.5 Å². The molecule has 0 fully saturated rings. The smallest absolute Gasteiger partial charge is 0.122 e. The third-order valence-corrected chi connectivity index (χ3v) is 4.81. The average Bonchev–Trinajstić information content (AvgIpc) is 2.62. The normalized spacial score (nSPS) is 14.0. The molecule has 0 heterocycles. The molecule has 0 aliphatic rings. The van der Waals surface area contributed by atoms with Crippen molar-refractivity contribution >= 4 is 0 Å². The Balaban J connectivity index is 2.52. The lowest BCUT2D eigenvalue weighted by molar-refractivity contribution is -0.0316. The van der Waals surface area contributed by atoms with Gasteiger partial charge >= 0.3 is 0 Å². The first-order chi connectivity index (χ1) is 11.5. The van der Waals surface area contributed by atoms with Crippen LogP contribution in [-0.4, -0.2) is 13.2 Å². The lowest BCUT2D eigenvalue weighted by Gasteiger charge is -2.41. The fourth-order valence-electron chi connectivity index (χ4n) is 3.36. The first kappa shape index (κ1) is 18.4. The SMILES string of the molecule is COC(c1ccccc1)(c1ccccc1)C(C)C(N)CC=C(C)C. The minimum Gasteiger partial charge on any atom is -0.368 e. The van der Waals surface area contributed by atoms with E-state index in [9.17, 15) is 0 Å². The van der Waals surface area contributed by atoms with E-state index in [0.29, 0.717) is 0 Å². The van der Waals surface area contributed by atoms with Gasteiger partial charge in [-0.25, -0.2) is 0 Å². The van der Waals surface area contributed by atoms with Gasteiger partial charge in [0.1, 0.15) is 5.60 Å². The lowest BCUT2D eigenvalue weighted by Crippen LogP contribution is -2.46. The number of hydrogen-bond donors (Lipinski definition) is 1. The number of benzene rings is 2. The van der Waals surface area contributed by atoms with Gasteiger partial charge in [0.15, 0.2) is 0 Å². The molecule has 2 aromatic rings. The minimum absolute atomic E-state index is 0.000243. The molecule has 0 bridgehead atoms. The summed E-state index contributed by atoms with van der Waals surface area (Å²) in [6.45, 7) is 6.40. The van der Waals surface area contributed by atoms with E-state index in [2.05, 4.69) is 75.4 Å². The van der Waals surface area contributed by atoms with Gasteiger partial charge in [0.25, 0.3) is 0 Å². The summed E-state index contributed by atoms with van der Waals surface area (Å²) >= 11 is 0. The van der Waals surface area contributed by atoms with E-state index in [1.807, 2.05) is 12.1 Å². The zero-order valence-corrected chi connectivity index (χ0v) is 15.2. The molecule has 2 unspecified atom stereocenters. The molecule has 0 saturated carbocycles. The molecule has 0 aliphatic carbocycles. The van der Waals surface area contributed by atoms with Gasteiger partial charge in [-0.15, -0.1) is 0 Å². The number of rotatable bonds is 7. The fourth-order valence-corrected chi connectivity index (χ4v) is 3.36. The van der Waals surface area contributed by atoms with Crippen LogP contribution in [0.5, 0.6) is 0 Å². The predicted octanol–water partition coefficient (Wildman–Crippen LogP) is 4.90. The van der Waals surface area contributed by atoms with Crippen molar-refractivity contribution < 1.29 is 4.74 Å². The molecule has 0 radical (unpaired) electrons. The molecule has 128 valence electrons. The van der Waals surface area contributed by atoms with Gasteiger partial charge in [0.2, 0.25) is 0 Å². The molecule has 0 aromatic heterocycles. The number of nitrogens with two attached hydrogens (primary N) is 1. The summed E-state index contributed by atoms with van der Waals surface area (Å²) in [5.74, 6) is 0.114. The van der Waals surface area contributed by atoms with E-state index >= 15 is 0 Å². The van der Waals surface area contributed by atoms with E-state index in [-0.39, 0.29) is 12.0 Å². The Bertz CT molecular complexity index is 605. The van der Waals surface area contributed by atoms with Crippen LogP contribution in [-0.2, 0) is 10.3 Å². The third kappa shape index (κ3) is 3.77. The monoisotopic (exact) mass is 323 g/mol. The summed E-state index contributed by atoms with van der Waals surface area (Å²) in [6.07, 6.45) is 3.05. The lowest BCUT2D eigenvalue weighted by atomic mass is 9.73. The Labute approximate surface area is 146 Å². The Morgan fingerprint density at radius 1 is 1.00 bits per heavy atom. The van der Waals surface area contributed by atoms with Gasteiger partial charge in [-0.1, -0.05) is 79.2 Å². The van der Waals surface area contributed by atoms with Crippen molar-refractivity contribution in [2.45, 2.75) is 38.8 Å². The molecular formula is C22H29NO. The van der Waals surface area contributed by atoms with Crippen molar-refractivity contribution in [2.24, 2.45) is 11.7 Å². The second kappa shape index (κ2) is 8.27. The van der Waals surface area contributed by atoms with Crippen LogP contribution in [0.4, 0.5) is 0 Å². The van der Waals surface area contributed by atoms with Crippen molar-refractivity contribution in [1.29, 1.82) is 0 Å². The first-order valence-corrected chi connectivity index (χ1v) is 8.57. The predicted molar refractivity (Wildman–Crippen MR) is 102 cm³/mol. The van der Waals surface area contributed by atoms with Gasteiger partial charge in [-0.2, -0.15) is 0 Å². The third-order valence-electron chi connectivity index (χ3n) is 4.81. The zero-order valence-electron chi connectivity index (χ0n) is 15.2. The maximum Gasteiger partial charge on any atom is 0.122 e. The van der Waals surface area contributed by atoms with Crippen LogP contribution in [0, 0.1) is 5.92 Å². The van der Waals surface area contributed by atoms with Crippen molar-refractivity contribution in [1.82, 2.24) is 0 Å². The second-order valence-electron chi connectivity index (χ2n) is 6.64. The number of hydrogen-bond acceptors (Lipinski definition) is 2. The zero-order chi connectivity index (χ0) is 17.6. The van der Waals surface area contributed by atoms with Crippen LogP contribution in [0.25, 0.3) is 0 Å². The van der Waals surface area contributed by atoms with Crippen molar-refractivity contribution in [2.75, 3.05) is 7.11 Å². The maximum absolute atomic E-state index is 6.58. The van der Waals surface area contributed by atoms with Crippen LogP contribution in [0.15, 0.2) is 72.3 Å². The number of ether oxygens (including phenoxy) is 1. The highest BCUT2D eigenvalue weighted by Crippen LogP contribution is 2.41. The van der Waals surface area contributed by atoms with Gasteiger partial charge in [-0.05, 0) is 31.4 Å². The van der Waals surface area contributed by atoms with E-state index in [1.54, 1.807) is 7.11 Å². The van der Waals surface area contributed by atoms with Crippen LogP contribution >= 0.6 is 0 Å². The topological polar surface area (TPSA) is 35.2 Å². The van der Waals surface area contributed by atoms with E-state index in [1.165, 1.54) is 5.57 Å². The fraction of sp³-hybridized carbons (Fsp3) is 0.364. The molecule has 24 heavy (non-hydrogen) atoms. The minimum atomic E-state index is -0.558. The highest BCUT2D eigenvalue weighted by Gasteiger charge is 2.42. The van der Waals surface area contributed by atoms with E-state index in [4.69, 9.17) is 10.5 Å². The molecule has 0 amide bonds. The molecule has 2 nitrogen and oxygen atoms in total. The van der Waals surface area contributed by atoms with Crippen molar-refractivity contribution in [3.05, 3.63) is 83.4 Å². The molecule has 2 aromatic carbocycles. The quantitative estimate of drug-likeness (QED) is 0.736. The highest BCUT2D eigenvalue weighted by molar-refractivity contribution is 5.38. The Kier molecular flexibility index (Phi) is 6.36. The molecular weight excluding hydrogens is 294 g/mol. The molecule has 2 N–H and O–H groups in total. The molecule has 0 spiro atoms. The summed E-state index contributed by atoms with van der Waals surface area (Å²) in [7, 11) is 1.78. The average molecular weight is 323 g/mol. The molecule has 2 rings (SSSR count). The molecule has 2 atom stereocenters. The molecule has 0 aliphatic heterocycles. The summed E-state index contributed by atoms with van der Waals surface area (Å²) in [6, 6.07) is 20.8. The van der Waals surface area contributed by atoms with Gasteiger partial charge in [0.05, 0.1) is 0 Å². The van der Waals surface area contributed by atoms with Gasteiger partial charge in [-0.3, -0.25) is 0 Å². The van der Waals surface area contributed by atoms with Gasteiger partial charge < -0.3 is 10.5 Å². The maximum atomic E-state index is 6.58. The first-order valence-electron chi connectivity index (χ1n) is 8.57. The number of allylic oxidation sites excluding steroid dienone is 1. The van der Waals surface area contributed by atoms with Gasteiger partial charge in [0, 0.05) is 19.1 Å².